The Hall–Kier alpha value is -1.61. The number of rotatable bonds is 4. The van der Waals surface area contributed by atoms with Gasteiger partial charge in [0.1, 0.15) is 10.7 Å². The van der Waals surface area contributed by atoms with Gasteiger partial charge in [-0.15, -0.1) is 0 Å². The molecule has 156 valence electrons. The molecule has 2 aromatic rings. The summed E-state index contributed by atoms with van der Waals surface area (Å²) in [5.74, 6) is 1.58. The zero-order chi connectivity index (χ0) is 20.4. The Kier molecular flexibility index (Phi) is 6.15. The summed E-state index contributed by atoms with van der Waals surface area (Å²) in [6.07, 6.45) is 5.36. The molecule has 0 unspecified atom stereocenters. The first-order valence-electron chi connectivity index (χ1n) is 9.73. The van der Waals surface area contributed by atoms with Crippen LogP contribution in [-0.2, 0) is 10.0 Å². The topological polar surface area (TPSA) is 69.6 Å². The molecule has 1 aromatic heterocycles. The summed E-state index contributed by atoms with van der Waals surface area (Å²) in [5.41, 5.74) is 0. The first-order valence-corrected chi connectivity index (χ1v) is 11.9. The number of benzene rings is 1. The molecule has 2 fully saturated rings. The van der Waals surface area contributed by atoms with Crippen LogP contribution in [0.25, 0.3) is 0 Å². The van der Waals surface area contributed by atoms with Gasteiger partial charge in [-0.2, -0.15) is 9.29 Å². The first-order chi connectivity index (χ1) is 13.9. The molecule has 0 aliphatic carbocycles. The van der Waals surface area contributed by atoms with Crippen LogP contribution in [0.1, 0.15) is 19.3 Å². The summed E-state index contributed by atoms with van der Waals surface area (Å²) in [4.78, 5) is 13.5. The van der Waals surface area contributed by atoms with Crippen molar-refractivity contribution in [2.45, 2.75) is 24.2 Å². The monoisotopic (exact) mass is 455 g/mol. The van der Waals surface area contributed by atoms with Crippen LogP contribution >= 0.6 is 23.2 Å². The molecular formula is C19H23Cl2N5O2S. The number of piperazine rings is 1. The highest BCUT2D eigenvalue weighted by Gasteiger charge is 2.31. The van der Waals surface area contributed by atoms with Crippen molar-refractivity contribution in [3.05, 3.63) is 40.5 Å². The van der Waals surface area contributed by atoms with Gasteiger partial charge in [0.05, 0.1) is 5.02 Å². The molecule has 0 spiro atoms. The predicted molar refractivity (Wildman–Crippen MR) is 116 cm³/mol. The maximum Gasteiger partial charge on any atom is 0.244 e. The maximum atomic E-state index is 13.0. The van der Waals surface area contributed by atoms with Crippen LogP contribution in [0, 0.1) is 0 Å². The fourth-order valence-corrected chi connectivity index (χ4v) is 5.89. The lowest BCUT2D eigenvalue weighted by Gasteiger charge is -2.35. The highest BCUT2D eigenvalue weighted by atomic mass is 35.5. The molecule has 0 N–H and O–H groups in total. The van der Waals surface area contributed by atoms with E-state index in [1.54, 1.807) is 12.3 Å². The normalized spacial score (nSPS) is 18.8. The summed E-state index contributed by atoms with van der Waals surface area (Å²) >= 11 is 12.1. The third kappa shape index (κ3) is 4.45. The zero-order valence-electron chi connectivity index (χ0n) is 16.0. The minimum atomic E-state index is -3.70. The Labute approximate surface area is 181 Å². The first kappa shape index (κ1) is 20.7. The number of anilines is 2. The third-order valence-electron chi connectivity index (χ3n) is 5.34. The van der Waals surface area contributed by atoms with E-state index in [0.29, 0.717) is 31.2 Å². The van der Waals surface area contributed by atoms with Crippen molar-refractivity contribution in [3.8, 4) is 0 Å². The van der Waals surface area contributed by atoms with Gasteiger partial charge in [-0.05, 0) is 43.5 Å². The molecule has 2 aliphatic rings. The van der Waals surface area contributed by atoms with Crippen LogP contribution in [0.4, 0.5) is 11.8 Å². The van der Waals surface area contributed by atoms with E-state index in [0.717, 1.165) is 37.7 Å². The minimum absolute atomic E-state index is 0.0505. The summed E-state index contributed by atoms with van der Waals surface area (Å²) in [6, 6.07) is 6.37. The smallest absolute Gasteiger partial charge is 0.244 e. The quantitative estimate of drug-likeness (QED) is 0.704. The van der Waals surface area contributed by atoms with E-state index in [4.69, 9.17) is 28.2 Å². The number of hydrogen-bond acceptors (Lipinski definition) is 6. The largest absolute Gasteiger partial charge is 0.354 e. The van der Waals surface area contributed by atoms with Crippen molar-refractivity contribution in [1.82, 2.24) is 14.3 Å². The minimum Gasteiger partial charge on any atom is -0.354 e. The van der Waals surface area contributed by atoms with Gasteiger partial charge in [-0.25, -0.2) is 13.4 Å². The number of hydrogen-bond donors (Lipinski definition) is 0. The second kappa shape index (κ2) is 8.63. The molecule has 0 bridgehead atoms. The van der Waals surface area contributed by atoms with Crippen molar-refractivity contribution in [2.75, 3.05) is 49.1 Å². The molecule has 0 atom stereocenters. The SMILES string of the molecule is O=S(=O)(c1cc(Cl)ccc1Cl)N1CCN(c2ccnc(N3CCCCC3)n2)CC1. The van der Waals surface area contributed by atoms with Gasteiger partial charge in [-0.3, -0.25) is 0 Å². The average molecular weight is 456 g/mol. The van der Waals surface area contributed by atoms with Crippen LogP contribution < -0.4 is 9.80 Å². The summed E-state index contributed by atoms with van der Waals surface area (Å²) in [5, 5.41) is 0.525. The van der Waals surface area contributed by atoms with E-state index in [1.807, 2.05) is 6.07 Å². The number of halogens is 2. The fraction of sp³-hybridized carbons (Fsp3) is 0.474. The number of piperidine rings is 1. The highest BCUT2D eigenvalue weighted by molar-refractivity contribution is 7.89. The van der Waals surface area contributed by atoms with Crippen molar-refractivity contribution < 1.29 is 8.42 Å². The zero-order valence-corrected chi connectivity index (χ0v) is 18.3. The van der Waals surface area contributed by atoms with Gasteiger partial charge in [0.25, 0.3) is 0 Å². The second-order valence-electron chi connectivity index (χ2n) is 7.23. The Morgan fingerprint density at radius 1 is 0.862 bits per heavy atom. The molecule has 3 heterocycles. The van der Waals surface area contributed by atoms with E-state index >= 15 is 0 Å². The molecule has 0 saturated carbocycles. The van der Waals surface area contributed by atoms with E-state index in [1.165, 1.54) is 22.9 Å². The van der Waals surface area contributed by atoms with Crippen molar-refractivity contribution in [2.24, 2.45) is 0 Å². The van der Waals surface area contributed by atoms with E-state index < -0.39 is 10.0 Å². The Bertz CT molecular complexity index is 974. The van der Waals surface area contributed by atoms with Crippen molar-refractivity contribution in [1.29, 1.82) is 0 Å². The van der Waals surface area contributed by atoms with Crippen LogP contribution in [0.15, 0.2) is 35.4 Å². The lowest BCUT2D eigenvalue weighted by Crippen LogP contribution is -2.49. The summed E-state index contributed by atoms with van der Waals surface area (Å²) < 4.78 is 27.4. The van der Waals surface area contributed by atoms with E-state index in [-0.39, 0.29) is 9.92 Å². The summed E-state index contributed by atoms with van der Waals surface area (Å²) in [6.45, 7) is 3.77. The van der Waals surface area contributed by atoms with E-state index in [2.05, 4.69) is 14.8 Å². The number of aromatic nitrogens is 2. The molecule has 1 aromatic carbocycles. The molecule has 0 amide bonds. The molecule has 0 radical (unpaired) electrons. The molecule has 29 heavy (non-hydrogen) atoms. The predicted octanol–water partition coefficient (Wildman–Crippen LogP) is 3.28. The van der Waals surface area contributed by atoms with Gasteiger partial charge < -0.3 is 9.80 Å². The van der Waals surface area contributed by atoms with Crippen LogP contribution in [0.5, 0.6) is 0 Å². The van der Waals surface area contributed by atoms with Gasteiger partial charge >= 0.3 is 0 Å². The lowest BCUT2D eigenvalue weighted by molar-refractivity contribution is 0.383. The highest BCUT2D eigenvalue weighted by Crippen LogP contribution is 2.29. The molecule has 2 saturated heterocycles. The Morgan fingerprint density at radius 2 is 1.59 bits per heavy atom. The van der Waals surface area contributed by atoms with Gasteiger partial charge in [0, 0.05) is 50.5 Å². The average Bonchev–Trinajstić information content (AvgIpc) is 2.76. The van der Waals surface area contributed by atoms with Crippen molar-refractivity contribution >= 4 is 45.0 Å². The molecular weight excluding hydrogens is 433 g/mol. The standard InChI is InChI=1S/C19H23Cl2N5O2S/c20-15-4-5-16(21)17(14-15)29(27,28)26-12-10-24(11-13-26)18-6-7-22-19(23-18)25-8-2-1-3-9-25/h4-7,14H,1-3,8-13H2. The second-order valence-corrected chi connectivity index (χ2v) is 9.98. The molecule has 10 heteroatoms. The van der Waals surface area contributed by atoms with Gasteiger partial charge in [0.15, 0.2) is 0 Å². The fourth-order valence-electron chi connectivity index (χ4n) is 3.73. The number of nitrogens with zero attached hydrogens (tertiary/aromatic N) is 5. The van der Waals surface area contributed by atoms with Crippen molar-refractivity contribution in [3.63, 3.8) is 0 Å². The molecule has 7 nitrogen and oxygen atoms in total. The molecule has 4 rings (SSSR count). The third-order valence-corrected chi connectivity index (χ3v) is 7.96. The lowest BCUT2D eigenvalue weighted by atomic mass is 10.1. The Balaban J connectivity index is 1.46. The Morgan fingerprint density at radius 3 is 2.31 bits per heavy atom. The van der Waals surface area contributed by atoms with Crippen LogP contribution in [0.3, 0.4) is 0 Å². The number of sulfonamides is 1. The van der Waals surface area contributed by atoms with Crippen LogP contribution in [-0.4, -0.2) is 62.0 Å². The van der Waals surface area contributed by atoms with Gasteiger partial charge in [-0.1, -0.05) is 23.2 Å². The maximum absolute atomic E-state index is 13.0. The van der Waals surface area contributed by atoms with E-state index in [9.17, 15) is 8.42 Å². The summed E-state index contributed by atoms with van der Waals surface area (Å²) in [7, 11) is -3.70. The molecule has 2 aliphatic heterocycles. The van der Waals surface area contributed by atoms with Gasteiger partial charge in [0.2, 0.25) is 16.0 Å². The van der Waals surface area contributed by atoms with Crippen LogP contribution in [0.2, 0.25) is 10.0 Å².